The molecule has 0 aliphatic heterocycles. The molecule has 0 saturated heterocycles. The van der Waals surface area contributed by atoms with Gasteiger partial charge in [-0.2, -0.15) is 4.98 Å². The lowest BCUT2D eigenvalue weighted by Gasteiger charge is -2.04. The number of ketones is 1. The smallest absolute Gasteiger partial charge is 0.318 e. The lowest BCUT2D eigenvalue weighted by Crippen LogP contribution is -2.06. The summed E-state index contributed by atoms with van der Waals surface area (Å²) < 4.78 is 5.30. The van der Waals surface area contributed by atoms with Crippen molar-refractivity contribution in [1.29, 1.82) is 0 Å². The van der Waals surface area contributed by atoms with Crippen molar-refractivity contribution in [1.82, 2.24) is 15.0 Å². The SMILES string of the molecule is Nc1ccnc(OCCCC(=O)c2cccnc2)n1. The molecule has 6 heteroatoms. The van der Waals surface area contributed by atoms with Gasteiger partial charge < -0.3 is 10.5 Å². The summed E-state index contributed by atoms with van der Waals surface area (Å²) in [6.45, 7) is 0.370. The van der Waals surface area contributed by atoms with E-state index in [0.717, 1.165) is 0 Å². The van der Waals surface area contributed by atoms with Crippen LogP contribution in [0.3, 0.4) is 0 Å². The van der Waals surface area contributed by atoms with Crippen molar-refractivity contribution in [3.63, 3.8) is 0 Å². The van der Waals surface area contributed by atoms with E-state index in [1.807, 2.05) is 0 Å². The molecule has 0 spiro atoms. The second-order valence-corrected chi connectivity index (χ2v) is 3.88. The molecule has 0 atom stereocenters. The van der Waals surface area contributed by atoms with Gasteiger partial charge in [0.15, 0.2) is 5.78 Å². The van der Waals surface area contributed by atoms with Crippen molar-refractivity contribution in [3.05, 3.63) is 42.4 Å². The summed E-state index contributed by atoms with van der Waals surface area (Å²) in [7, 11) is 0. The molecule has 2 aromatic rings. The van der Waals surface area contributed by atoms with Crippen molar-refractivity contribution in [2.75, 3.05) is 12.3 Å². The van der Waals surface area contributed by atoms with Crippen molar-refractivity contribution in [2.45, 2.75) is 12.8 Å². The van der Waals surface area contributed by atoms with E-state index in [2.05, 4.69) is 15.0 Å². The number of hydrogen-bond donors (Lipinski definition) is 1. The highest BCUT2D eigenvalue weighted by Crippen LogP contribution is 2.06. The Labute approximate surface area is 110 Å². The molecule has 0 amide bonds. The van der Waals surface area contributed by atoms with Crippen LogP contribution in [-0.4, -0.2) is 27.3 Å². The van der Waals surface area contributed by atoms with Crippen LogP contribution in [-0.2, 0) is 0 Å². The largest absolute Gasteiger partial charge is 0.463 e. The van der Waals surface area contributed by atoms with E-state index >= 15 is 0 Å². The molecule has 0 radical (unpaired) electrons. The topological polar surface area (TPSA) is 91.0 Å². The molecule has 0 fully saturated rings. The number of rotatable bonds is 6. The number of hydrogen-bond acceptors (Lipinski definition) is 6. The number of aromatic nitrogens is 3. The standard InChI is InChI=1S/C13H14N4O2/c14-12-5-7-16-13(17-12)19-8-2-4-11(18)10-3-1-6-15-9-10/h1,3,5-7,9H,2,4,8H2,(H2,14,16,17). The van der Waals surface area contributed by atoms with Gasteiger partial charge in [-0.3, -0.25) is 9.78 Å². The van der Waals surface area contributed by atoms with E-state index in [1.165, 1.54) is 6.20 Å². The number of carbonyl (C=O) groups is 1. The molecule has 98 valence electrons. The Hall–Kier alpha value is -2.50. The van der Waals surface area contributed by atoms with Crippen LogP contribution >= 0.6 is 0 Å². The van der Waals surface area contributed by atoms with Crippen LogP contribution in [0.4, 0.5) is 5.82 Å². The minimum atomic E-state index is 0.0465. The van der Waals surface area contributed by atoms with Crippen LogP contribution in [0.5, 0.6) is 6.01 Å². The number of ether oxygens (including phenoxy) is 1. The van der Waals surface area contributed by atoms with E-state index in [-0.39, 0.29) is 11.8 Å². The van der Waals surface area contributed by atoms with Gasteiger partial charge in [-0.15, -0.1) is 0 Å². The minimum Gasteiger partial charge on any atom is -0.463 e. The molecule has 0 unspecified atom stereocenters. The van der Waals surface area contributed by atoms with Gasteiger partial charge in [0.1, 0.15) is 5.82 Å². The zero-order chi connectivity index (χ0) is 13.5. The monoisotopic (exact) mass is 258 g/mol. The molecule has 0 saturated carbocycles. The number of pyridine rings is 1. The number of carbonyl (C=O) groups excluding carboxylic acids is 1. The van der Waals surface area contributed by atoms with Gasteiger partial charge in [0.2, 0.25) is 0 Å². The van der Waals surface area contributed by atoms with E-state index < -0.39 is 0 Å². The molecule has 0 aromatic carbocycles. The minimum absolute atomic E-state index is 0.0465. The fraction of sp³-hybridized carbons (Fsp3) is 0.231. The Bertz CT molecular complexity index is 545. The summed E-state index contributed by atoms with van der Waals surface area (Å²) in [6.07, 6.45) is 5.71. The molecule has 6 nitrogen and oxygen atoms in total. The Morgan fingerprint density at radius 3 is 2.95 bits per heavy atom. The molecule has 2 rings (SSSR count). The van der Waals surface area contributed by atoms with Crippen molar-refractivity contribution in [3.8, 4) is 6.01 Å². The van der Waals surface area contributed by atoms with Gasteiger partial charge in [0.25, 0.3) is 0 Å². The summed E-state index contributed by atoms with van der Waals surface area (Å²) >= 11 is 0. The van der Waals surface area contributed by atoms with Crippen LogP contribution in [0.15, 0.2) is 36.8 Å². The zero-order valence-corrected chi connectivity index (χ0v) is 10.3. The maximum absolute atomic E-state index is 11.8. The zero-order valence-electron chi connectivity index (χ0n) is 10.3. The molecule has 0 aliphatic rings. The third kappa shape index (κ3) is 4.02. The van der Waals surface area contributed by atoms with Gasteiger partial charge in [0, 0.05) is 30.6 Å². The van der Waals surface area contributed by atoms with Crippen LogP contribution in [0, 0.1) is 0 Å². The summed E-state index contributed by atoms with van der Waals surface area (Å²) in [5.74, 6) is 0.404. The highest BCUT2D eigenvalue weighted by molar-refractivity contribution is 5.95. The lowest BCUT2D eigenvalue weighted by atomic mass is 10.1. The van der Waals surface area contributed by atoms with Gasteiger partial charge >= 0.3 is 6.01 Å². The third-order valence-electron chi connectivity index (χ3n) is 2.42. The molecule has 19 heavy (non-hydrogen) atoms. The Kier molecular flexibility index (Phi) is 4.39. The molecular weight excluding hydrogens is 244 g/mol. The maximum atomic E-state index is 11.8. The van der Waals surface area contributed by atoms with E-state index in [4.69, 9.17) is 10.5 Å². The molecule has 2 N–H and O–H groups in total. The summed E-state index contributed by atoms with van der Waals surface area (Å²) in [4.78, 5) is 23.5. The van der Waals surface area contributed by atoms with Crippen molar-refractivity contribution in [2.24, 2.45) is 0 Å². The first-order chi connectivity index (χ1) is 9.25. The van der Waals surface area contributed by atoms with E-state index in [9.17, 15) is 4.79 Å². The van der Waals surface area contributed by atoms with E-state index in [1.54, 1.807) is 30.6 Å². The first-order valence-electron chi connectivity index (χ1n) is 5.90. The number of anilines is 1. The predicted molar refractivity (Wildman–Crippen MR) is 69.7 cm³/mol. The lowest BCUT2D eigenvalue weighted by molar-refractivity contribution is 0.0972. The van der Waals surface area contributed by atoms with Crippen molar-refractivity contribution >= 4 is 11.6 Å². The molecule has 2 heterocycles. The van der Waals surface area contributed by atoms with Crippen LogP contribution in [0.2, 0.25) is 0 Å². The average Bonchev–Trinajstić information content (AvgIpc) is 2.44. The fourth-order valence-electron chi connectivity index (χ4n) is 1.49. The second kappa shape index (κ2) is 6.44. The summed E-state index contributed by atoms with van der Waals surface area (Å²) in [6, 6.07) is 5.30. The highest BCUT2D eigenvalue weighted by Gasteiger charge is 2.05. The van der Waals surface area contributed by atoms with Crippen LogP contribution in [0.25, 0.3) is 0 Å². The van der Waals surface area contributed by atoms with Gasteiger partial charge in [-0.1, -0.05) is 0 Å². The molecular formula is C13H14N4O2. The van der Waals surface area contributed by atoms with Crippen molar-refractivity contribution < 1.29 is 9.53 Å². The first-order valence-corrected chi connectivity index (χ1v) is 5.90. The number of nitrogens with zero attached hydrogens (tertiary/aromatic N) is 3. The Morgan fingerprint density at radius 2 is 2.21 bits per heavy atom. The second-order valence-electron chi connectivity index (χ2n) is 3.88. The Balaban J connectivity index is 1.74. The highest BCUT2D eigenvalue weighted by atomic mass is 16.5. The van der Waals surface area contributed by atoms with Crippen LogP contribution in [0.1, 0.15) is 23.2 Å². The predicted octanol–water partition coefficient (Wildman–Crippen LogP) is 1.50. The van der Waals surface area contributed by atoms with Gasteiger partial charge in [0.05, 0.1) is 6.61 Å². The average molecular weight is 258 g/mol. The summed E-state index contributed by atoms with van der Waals surface area (Å²) in [5, 5.41) is 0. The fourth-order valence-corrected chi connectivity index (χ4v) is 1.49. The first kappa shape index (κ1) is 12.9. The van der Waals surface area contributed by atoms with Crippen LogP contribution < -0.4 is 10.5 Å². The van der Waals surface area contributed by atoms with Gasteiger partial charge in [-0.25, -0.2) is 4.98 Å². The molecule has 2 aromatic heterocycles. The number of nitrogens with two attached hydrogens (primary N) is 1. The van der Waals surface area contributed by atoms with Gasteiger partial charge in [-0.05, 0) is 24.6 Å². The third-order valence-corrected chi connectivity index (χ3v) is 2.42. The Morgan fingerprint density at radius 1 is 1.32 bits per heavy atom. The normalized spacial score (nSPS) is 10.1. The summed E-state index contributed by atoms with van der Waals surface area (Å²) in [5.41, 5.74) is 6.11. The van der Waals surface area contributed by atoms with E-state index in [0.29, 0.717) is 30.8 Å². The number of Topliss-reactive ketones (excluding diaryl/α,β-unsaturated/α-hetero) is 1. The molecule has 0 bridgehead atoms. The quantitative estimate of drug-likeness (QED) is 0.623. The maximum Gasteiger partial charge on any atom is 0.318 e. The molecule has 0 aliphatic carbocycles. The number of nitrogen functional groups attached to an aromatic ring is 1.